The Morgan fingerprint density at radius 2 is 1.78 bits per heavy atom. The van der Waals surface area contributed by atoms with Gasteiger partial charge in [-0.3, -0.25) is 14.6 Å². The van der Waals surface area contributed by atoms with Gasteiger partial charge >= 0.3 is 0 Å². The summed E-state index contributed by atoms with van der Waals surface area (Å²) < 4.78 is 0. The van der Waals surface area contributed by atoms with Crippen LogP contribution in [-0.2, 0) is 4.79 Å². The van der Waals surface area contributed by atoms with Gasteiger partial charge in [-0.1, -0.05) is 36.0 Å². The number of rotatable bonds is 6. The Bertz CT molecular complexity index is 1330. The van der Waals surface area contributed by atoms with Crippen molar-refractivity contribution in [2.24, 2.45) is 0 Å². The summed E-state index contributed by atoms with van der Waals surface area (Å²) in [4.78, 5) is 34.8. The third-order valence-electron chi connectivity index (χ3n) is 5.42. The van der Waals surface area contributed by atoms with E-state index in [4.69, 9.17) is 0 Å². The number of benzene rings is 2. The Morgan fingerprint density at radius 1 is 1.00 bits per heavy atom. The van der Waals surface area contributed by atoms with Gasteiger partial charge in [-0.15, -0.1) is 0 Å². The highest BCUT2D eigenvalue weighted by atomic mass is 32.2. The van der Waals surface area contributed by atoms with Gasteiger partial charge in [0.25, 0.3) is 5.91 Å². The van der Waals surface area contributed by atoms with Gasteiger partial charge in [0.2, 0.25) is 5.91 Å². The molecule has 0 aliphatic heterocycles. The zero-order valence-electron chi connectivity index (χ0n) is 17.5. The number of pyridine rings is 2. The van der Waals surface area contributed by atoms with E-state index in [1.54, 1.807) is 12.3 Å². The first-order valence-electron chi connectivity index (χ1n) is 10.6. The number of anilines is 1. The van der Waals surface area contributed by atoms with Crippen LogP contribution in [-0.4, -0.2) is 33.1 Å². The maximum atomic E-state index is 12.9. The van der Waals surface area contributed by atoms with Crippen LogP contribution in [0.25, 0.3) is 21.8 Å². The Kier molecular flexibility index (Phi) is 5.49. The summed E-state index contributed by atoms with van der Waals surface area (Å²) in [6.07, 6.45) is 3.78. The third-order valence-corrected chi connectivity index (χ3v) is 6.44. The van der Waals surface area contributed by atoms with Crippen molar-refractivity contribution >= 4 is 51.1 Å². The number of amides is 2. The zero-order valence-corrected chi connectivity index (χ0v) is 18.4. The van der Waals surface area contributed by atoms with Gasteiger partial charge in [-0.2, -0.15) is 0 Å². The average molecular weight is 443 g/mol. The Hall–Kier alpha value is -3.45. The molecular weight excluding hydrogens is 420 g/mol. The molecule has 160 valence electrons. The average Bonchev–Trinajstić information content (AvgIpc) is 3.62. The number of carbonyl (C=O) groups excluding carboxylic acids is 2. The molecule has 6 nitrogen and oxygen atoms in total. The van der Waals surface area contributed by atoms with E-state index in [-0.39, 0.29) is 17.9 Å². The van der Waals surface area contributed by atoms with Crippen LogP contribution in [0.5, 0.6) is 0 Å². The van der Waals surface area contributed by atoms with E-state index in [0.29, 0.717) is 10.6 Å². The summed E-state index contributed by atoms with van der Waals surface area (Å²) in [7, 11) is 0. The minimum Gasteiger partial charge on any atom is -0.349 e. The smallest absolute Gasteiger partial charge is 0.252 e. The fourth-order valence-corrected chi connectivity index (χ4v) is 4.44. The fourth-order valence-electron chi connectivity index (χ4n) is 3.57. The standard InChI is InChI=1S/C25H22N4O2S/c1-15(24(30)29-22-10-4-9-20-18(22)7-5-13-26-20)32-23-14-19(25(31)27-16-11-12-16)17-6-2-3-8-21(17)28-23/h2-10,13-16H,11-12H2,1H3,(H,27,31)(H,29,30). The van der Waals surface area contributed by atoms with Crippen LogP contribution in [0.4, 0.5) is 5.69 Å². The largest absolute Gasteiger partial charge is 0.349 e. The molecule has 2 aromatic heterocycles. The molecule has 0 radical (unpaired) electrons. The van der Waals surface area contributed by atoms with Gasteiger partial charge < -0.3 is 10.6 Å². The SMILES string of the molecule is CC(Sc1cc(C(=O)NC2CC2)c2ccccc2n1)C(=O)Nc1cccc2ncccc12. The van der Waals surface area contributed by atoms with Crippen molar-refractivity contribution in [1.29, 1.82) is 0 Å². The number of aromatic nitrogens is 2. The summed E-state index contributed by atoms with van der Waals surface area (Å²) in [6.45, 7) is 1.84. The van der Waals surface area contributed by atoms with E-state index in [2.05, 4.69) is 20.6 Å². The second-order valence-electron chi connectivity index (χ2n) is 7.90. The molecule has 1 unspecified atom stereocenters. The predicted octanol–water partition coefficient (Wildman–Crippen LogP) is 4.79. The first-order valence-corrected chi connectivity index (χ1v) is 11.5. The van der Waals surface area contributed by atoms with Crippen molar-refractivity contribution in [2.75, 3.05) is 5.32 Å². The first kappa shape index (κ1) is 20.5. The molecule has 4 aromatic rings. The molecule has 0 bridgehead atoms. The van der Waals surface area contributed by atoms with Crippen molar-refractivity contribution < 1.29 is 9.59 Å². The van der Waals surface area contributed by atoms with E-state index >= 15 is 0 Å². The lowest BCUT2D eigenvalue weighted by molar-refractivity contribution is -0.115. The second kappa shape index (κ2) is 8.59. The number of hydrogen-bond acceptors (Lipinski definition) is 5. The van der Waals surface area contributed by atoms with Gasteiger partial charge in [0.1, 0.15) is 0 Å². The van der Waals surface area contributed by atoms with E-state index < -0.39 is 5.25 Å². The van der Waals surface area contributed by atoms with E-state index in [1.165, 1.54) is 11.8 Å². The Balaban J connectivity index is 1.38. The minimum absolute atomic E-state index is 0.0895. The summed E-state index contributed by atoms with van der Waals surface area (Å²) in [5, 5.41) is 8.01. The molecule has 2 heterocycles. The number of para-hydroxylation sites is 1. The normalized spacial score (nSPS) is 14.3. The monoisotopic (exact) mass is 442 g/mol. The molecule has 1 aliphatic carbocycles. The number of hydrogen-bond donors (Lipinski definition) is 2. The lowest BCUT2D eigenvalue weighted by Crippen LogP contribution is -2.26. The van der Waals surface area contributed by atoms with Gasteiger partial charge in [0, 0.05) is 23.0 Å². The van der Waals surface area contributed by atoms with Crippen molar-refractivity contribution in [1.82, 2.24) is 15.3 Å². The highest BCUT2D eigenvalue weighted by Gasteiger charge is 2.25. The molecular formula is C25H22N4O2S. The molecule has 2 N–H and O–H groups in total. The van der Waals surface area contributed by atoms with Crippen LogP contribution >= 0.6 is 11.8 Å². The highest BCUT2D eigenvalue weighted by molar-refractivity contribution is 8.00. The van der Waals surface area contributed by atoms with Crippen molar-refractivity contribution in [2.45, 2.75) is 36.1 Å². The summed E-state index contributed by atoms with van der Waals surface area (Å²) in [6, 6.07) is 19.1. The highest BCUT2D eigenvalue weighted by Crippen LogP contribution is 2.29. The summed E-state index contributed by atoms with van der Waals surface area (Å²) >= 11 is 1.34. The molecule has 7 heteroatoms. The predicted molar refractivity (Wildman–Crippen MR) is 128 cm³/mol. The molecule has 0 spiro atoms. The van der Waals surface area contributed by atoms with Crippen LogP contribution in [0.15, 0.2) is 71.9 Å². The summed E-state index contributed by atoms with van der Waals surface area (Å²) in [5.41, 5.74) is 2.89. The van der Waals surface area contributed by atoms with E-state index in [9.17, 15) is 9.59 Å². The number of thioether (sulfide) groups is 1. The topological polar surface area (TPSA) is 84.0 Å². The number of nitrogens with one attached hydrogen (secondary N) is 2. The van der Waals surface area contributed by atoms with Gasteiger partial charge in [-0.05, 0) is 56.2 Å². The molecule has 1 saturated carbocycles. The van der Waals surface area contributed by atoms with Crippen LogP contribution in [0.1, 0.15) is 30.1 Å². The van der Waals surface area contributed by atoms with Gasteiger partial charge in [0.15, 0.2) is 0 Å². The van der Waals surface area contributed by atoms with Crippen molar-refractivity contribution in [3.63, 3.8) is 0 Å². The Morgan fingerprint density at radius 3 is 2.62 bits per heavy atom. The van der Waals surface area contributed by atoms with Crippen LogP contribution in [0.3, 0.4) is 0 Å². The van der Waals surface area contributed by atoms with E-state index in [0.717, 1.165) is 40.3 Å². The van der Waals surface area contributed by atoms with Crippen molar-refractivity contribution in [3.05, 3.63) is 72.4 Å². The molecule has 5 rings (SSSR count). The molecule has 1 aliphatic rings. The van der Waals surface area contributed by atoms with Crippen molar-refractivity contribution in [3.8, 4) is 0 Å². The lowest BCUT2D eigenvalue weighted by Gasteiger charge is -2.14. The molecule has 32 heavy (non-hydrogen) atoms. The fraction of sp³-hybridized carbons (Fsp3) is 0.200. The minimum atomic E-state index is -0.407. The molecule has 1 atom stereocenters. The zero-order chi connectivity index (χ0) is 22.1. The molecule has 1 fully saturated rings. The van der Waals surface area contributed by atoms with Crippen LogP contribution in [0, 0.1) is 0 Å². The molecule has 0 saturated heterocycles. The quantitative estimate of drug-likeness (QED) is 0.419. The molecule has 2 aromatic carbocycles. The summed E-state index contributed by atoms with van der Waals surface area (Å²) in [5.74, 6) is -0.224. The lowest BCUT2D eigenvalue weighted by atomic mass is 10.1. The number of carbonyl (C=O) groups is 2. The first-order chi connectivity index (χ1) is 15.6. The van der Waals surface area contributed by atoms with Gasteiger partial charge in [-0.25, -0.2) is 4.98 Å². The third kappa shape index (κ3) is 4.29. The van der Waals surface area contributed by atoms with Gasteiger partial charge in [0.05, 0.1) is 32.6 Å². The maximum Gasteiger partial charge on any atom is 0.252 e. The molecule has 2 amide bonds. The van der Waals surface area contributed by atoms with Crippen LogP contribution in [0.2, 0.25) is 0 Å². The number of nitrogens with zero attached hydrogens (tertiary/aromatic N) is 2. The van der Waals surface area contributed by atoms with E-state index in [1.807, 2.05) is 61.5 Å². The maximum absolute atomic E-state index is 12.9. The Labute approximate surface area is 189 Å². The number of fused-ring (bicyclic) bond motifs is 2. The second-order valence-corrected chi connectivity index (χ2v) is 9.26. The van der Waals surface area contributed by atoms with Crippen LogP contribution < -0.4 is 10.6 Å².